The fourth-order valence-electron chi connectivity index (χ4n) is 11.1. The fourth-order valence-corrected chi connectivity index (χ4v) is 11.1. The van der Waals surface area contributed by atoms with Gasteiger partial charge in [-0.2, -0.15) is 0 Å². The molecule has 10 nitrogen and oxygen atoms in total. The van der Waals surface area contributed by atoms with E-state index in [2.05, 4.69) is 30.8 Å². The Bertz CT molecular complexity index is 1690. The maximum atomic E-state index is 13.6. The summed E-state index contributed by atoms with van der Waals surface area (Å²) < 4.78 is 17.5. The van der Waals surface area contributed by atoms with Crippen molar-refractivity contribution in [2.24, 2.45) is 56.3 Å². The number of hydrogen-bond acceptors (Lipinski definition) is 10. The zero-order valence-electron chi connectivity index (χ0n) is 31.6. The molecular formula is C43H56N2O8. The van der Waals surface area contributed by atoms with Crippen LogP contribution in [0.3, 0.4) is 0 Å². The largest absolute Gasteiger partial charge is 0.507 e. The Hall–Kier alpha value is -4.21. The second-order valence-electron chi connectivity index (χ2n) is 16.5. The number of rotatable bonds is 12. The SMILES string of the molecule is COC(=O)CC[C@@H](C)[C@H]1CC[C@H]2[C@@H]3CC[C@@H]4C[C@H](OC(=O)CN=Cc5ccccc5O)CC[C@]4(C)[C@H]3C[C@H](OC(=O)CN=Cc3ccccc3O)[C@]12C. The maximum absolute atomic E-state index is 13.6. The van der Waals surface area contributed by atoms with Gasteiger partial charge >= 0.3 is 17.9 Å². The Kier molecular flexibility index (Phi) is 11.9. The maximum Gasteiger partial charge on any atom is 0.327 e. The molecule has 4 aliphatic carbocycles. The van der Waals surface area contributed by atoms with Crippen molar-refractivity contribution in [3.8, 4) is 11.5 Å². The molecule has 6 rings (SSSR count). The van der Waals surface area contributed by atoms with Gasteiger partial charge in [0.25, 0.3) is 0 Å². The number of phenolic OH excluding ortho intramolecular Hbond substituents is 2. The minimum absolute atomic E-state index is 0.0262. The van der Waals surface area contributed by atoms with Gasteiger partial charge in [-0.3, -0.25) is 24.4 Å². The van der Waals surface area contributed by atoms with E-state index in [0.29, 0.717) is 47.1 Å². The van der Waals surface area contributed by atoms with Crippen molar-refractivity contribution in [2.45, 2.75) is 97.2 Å². The third-order valence-electron chi connectivity index (χ3n) is 13.8. The number of para-hydroxylation sites is 2. The Balaban J connectivity index is 1.16. The van der Waals surface area contributed by atoms with Gasteiger partial charge in [0.1, 0.15) is 36.8 Å². The van der Waals surface area contributed by atoms with Gasteiger partial charge in [0, 0.05) is 35.4 Å². The molecule has 0 heterocycles. The first kappa shape index (κ1) is 38.5. The minimum atomic E-state index is -0.369. The quantitative estimate of drug-likeness (QED) is 0.132. The highest BCUT2D eigenvalue weighted by atomic mass is 16.5. The average molecular weight is 729 g/mol. The molecule has 0 bridgehead atoms. The van der Waals surface area contributed by atoms with Gasteiger partial charge in [-0.15, -0.1) is 0 Å². The lowest BCUT2D eigenvalue weighted by Gasteiger charge is -2.62. The Morgan fingerprint density at radius 3 is 2.06 bits per heavy atom. The topological polar surface area (TPSA) is 144 Å². The van der Waals surface area contributed by atoms with E-state index in [1.54, 1.807) is 42.5 Å². The molecule has 4 saturated carbocycles. The molecule has 0 aromatic heterocycles. The summed E-state index contributed by atoms with van der Waals surface area (Å²) in [6.45, 7) is 6.77. The van der Waals surface area contributed by atoms with Crippen LogP contribution in [0.1, 0.15) is 96.1 Å². The Morgan fingerprint density at radius 1 is 0.811 bits per heavy atom. The van der Waals surface area contributed by atoms with Crippen molar-refractivity contribution in [1.82, 2.24) is 0 Å². The van der Waals surface area contributed by atoms with E-state index in [1.807, 2.05) is 6.07 Å². The third-order valence-corrected chi connectivity index (χ3v) is 13.8. The second-order valence-corrected chi connectivity index (χ2v) is 16.5. The number of fused-ring (bicyclic) bond motifs is 5. The normalized spacial score (nSPS) is 32.7. The van der Waals surface area contributed by atoms with Crippen molar-refractivity contribution in [3.63, 3.8) is 0 Å². The zero-order chi connectivity index (χ0) is 37.8. The lowest BCUT2D eigenvalue weighted by atomic mass is 9.43. The molecule has 0 saturated heterocycles. The van der Waals surface area contributed by atoms with Crippen LogP contribution in [0.2, 0.25) is 0 Å². The van der Waals surface area contributed by atoms with Crippen molar-refractivity contribution in [3.05, 3.63) is 59.7 Å². The number of carbonyl (C=O) groups is 3. The van der Waals surface area contributed by atoms with Gasteiger partial charge in [-0.1, -0.05) is 45.0 Å². The van der Waals surface area contributed by atoms with Crippen LogP contribution in [0.4, 0.5) is 0 Å². The summed E-state index contributed by atoms with van der Waals surface area (Å²) in [5.41, 5.74) is 0.896. The number of esters is 3. The van der Waals surface area contributed by atoms with Crippen LogP contribution in [0.25, 0.3) is 0 Å². The number of aliphatic imine (C=N–C) groups is 2. The summed E-state index contributed by atoms with van der Waals surface area (Å²) in [4.78, 5) is 47.1. The average Bonchev–Trinajstić information content (AvgIpc) is 3.51. The van der Waals surface area contributed by atoms with Crippen LogP contribution < -0.4 is 0 Å². The van der Waals surface area contributed by atoms with Gasteiger partial charge < -0.3 is 24.4 Å². The van der Waals surface area contributed by atoms with Crippen LogP contribution in [0.15, 0.2) is 58.5 Å². The number of aromatic hydroxyl groups is 2. The molecule has 0 radical (unpaired) electrons. The van der Waals surface area contributed by atoms with E-state index < -0.39 is 0 Å². The summed E-state index contributed by atoms with van der Waals surface area (Å²) >= 11 is 0. The zero-order valence-corrected chi connectivity index (χ0v) is 31.6. The summed E-state index contributed by atoms with van der Waals surface area (Å²) in [6, 6.07) is 13.8. The number of hydrogen-bond donors (Lipinski definition) is 2. The van der Waals surface area contributed by atoms with Gasteiger partial charge in [0.05, 0.1) is 7.11 Å². The molecule has 10 heteroatoms. The molecule has 0 aliphatic heterocycles. The highest BCUT2D eigenvalue weighted by Crippen LogP contribution is 2.69. The molecule has 2 aromatic carbocycles. The van der Waals surface area contributed by atoms with Crippen LogP contribution in [-0.2, 0) is 28.6 Å². The molecule has 10 atom stereocenters. The molecule has 2 aromatic rings. The van der Waals surface area contributed by atoms with Gasteiger partial charge in [0.15, 0.2) is 0 Å². The molecule has 4 aliphatic rings. The van der Waals surface area contributed by atoms with Crippen molar-refractivity contribution in [2.75, 3.05) is 20.2 Å². The summed E-state index contributed by atoms with van der Waals surface area (Å²) in [6.07, 6.45) is 11.3. The van der Waals surface area contributed by atoms with E-state index in [9.17, 15) is 24.6 Å². The Morgan fingerprint density at radius 2 is 1.43 bits per heavy atom. The first-order valence-corrected chi connectivity index (χ1v) is 19.4. The van der Waals surface area contributed by atoms with Gasteiger partial charge in [-0.25, -0.2) is 0 Å². The number of methoxy groups -OCH3 is 1. The first-order chi connectivity index (χ1) is 25.4. The number of phenols is 2. The van der Waals surface area contributed by atoms with Crippen molar-refractivity contribution >= 4 is 30.3 Å². The van der Waals surface area contributed by atoms with E-state index in [1.165, 1.54) is 19.5 Å². The first-order valence-electron chi connectivity index (χ1n) is 19.4. The van der Waals surface area contributed by atoms with E-state index in [-0.39, 0.29) is 71.5 Å². The van der Waals surface area contributed by atoms with Gasteiger partial charge in [-0.05, 0) is 123 Å². The summed E-state index contributed by atoms with van der Waals surface area (Å²) in [5.74, 6) is 1.52. The predicted molar refractivity (Wildman–Crippen MR) is 202 cm³/mol. The number of carbonyl (C=O) groups excluding carboxylic acids is 3. The molecule has 0 amide bonds. The van der Waals surface area contributed by atoms with Gasteiger partial charge in [0.2, 0.25) is 0 Å². The van der Waals surface area contributed by atoms with Crippen LogP contribution in [-0.4, -0.2) is 73.0 Å². The fraction of sp³-hybridized carbons (Fsp3) is 0.605. The molecule has 0 unspecified atom stereocenters. The monoisotopic (exact) mass is 728 g/mol. The second kappa shape index (κ2) is 16.4. The molecule has 2 N–H and O–H groups in total. The molecule has 53 heavy (non-hydrogen) atoms. The predicted octanol–water partition coefficient (Wildman–Crippen LogP) is 7.32. The van der Waals surface area contributed by atoms with Crippen molar-refractivity contribution < 1.29 is 38.8 Å². The number of benzene rings is 2. The molecular weight excluding hydrogens is 672 g/mol. The number of nitrogens with zero attached hydrogens (tertiary/aromatic N) is 2. The third kappa shape index (κ3) is 8.16. The highest BCUT2D eigenvalue weighted by Gasteiger charge is 2.65. The van der Waals surface area contributed by atoms with Crippen LogP contribution in [0, 0.1) is 46.3 Å². The van der Waals surface area contributed by atoms with Crippen LogP contribution >= 0.6 is 0 Å². The van der Waals surface area contributed by atoms with E-state index in [0.717, 1.165) is 57.8 Å². The Labute approximate surface area is 313 Å². The lowest BCUT2D eigenvalue weighted by molar-refractivity contribution is -0.198. The lowest BCUT2D eigenvalue weighted by Crippen LogP contribution is -2.59. The number of ether oxygens (including phenoxy) is 3. The highest BCUT2D eigenvalue weighted by molar-refractivity contribution is 5.86. The molecule has 4 fully saturated rings. The summed E-state index contributed by atoms with van der Waals surface area (Å²) in [7, 11) is 1.43. The standard InChI is InChI=1S/C43H56N2O8/c1-27(13-18-39(48)51-4)33-16-17-34-32-15-14-30-21-31(52-40(49)25-44-23-28-9-5-7-11-36(28)46)19-20-42(30,2)35(32)22-38(43(33,34)3)53-41(50)26-45-24-29-10-6-8-12-37(29)47/h5-12,23-24,27,30-35,38,46-47H,13-22,25-26H2,1-4H3/t27-,30-,31-,32+,33-,34+,35+,38+,42+,43-/m1/s1. The van der Waals surface area contributed by atoms with E-state index >= 15 is 0 Å². The summed E-state index contributed by atoms with van der Waals surface area (Å²) in [5, 5.41) is 20.1. The van der Waals surface area contributed by atoms with Crippen LogP contribution in [0.5, 0.6) is 11.5 Å². The minimum Gasteiger partial charge on any atom is -0.507 e. The molecule has 286 valence electrons. The smallest absolute Gasteiger partial charge is 0.327 e. The molecule has 0 spiro atoms. The van der Waals surface area contributed by atoms with E-state index in [4.69, 9.17) is 14.2 Å². The van der Waals surface area contributed by atoms with Crippen molar-refractivity contribution in [1.29, 1.82) is 0 Å².